The molecule has 3 aliphatic heterocycles. The lowest BCUT2D eigenvalue weighted by molar-refractivity contribution is -0.157. The van der Waals surface area contributed by atoms with Gasteiger partial charge in [0.1, 0.15) is 11.6 Å². The first-order chi connectivity index (χ1) is 18.0. The van der Waals surface area contributed by atoms with Crippen LogP contribution in [0.15, 0.2) is 25.3 Å². The van der Waals surface area contributed by atoms with E-state index < -0.39 is 34.6 Å². The van der Waals surface area contributed by atoms with Crippen LogP contribution < -0.4 is 0 Å². The molecule has 3 saturated heterocycles. The van der Waals surface area contributed by atoms with Gasteiger partial charge in [-0.05, 0) is 65.7 Å². The molecule has 1 spiro atoms. The van der Waals surface area contributed by atoms with E-state index in [1.165, 1.54) is 0 Å². The fourth-order valence-corrected chi connectivity index (χ4v) is 7.07. The van der Waals surface area contributed by atoms with Crippen molar-refractivity contribution in [2.24, 2.45) is 11.8 Å². The molecule has 0 aromatic heterocycles. The number of aliphatic hydroxyl groups is 1. The van der Waals surface area contributed by atoms with Gasteiger partial charge in [0.05, 0.1) is 17.4 Å². The number of carbonyl (C=O) groups is 3. The monoisotopic (exact) mass is 531 g/mol. The largest absolute Gasteiger partial charge is 0.396 e. The summed E-state index contributed by atoms with van der Waals surface area (Å²) in [5.74, 6) is -1.68. The predicted octanol–water partition coefficient (Wildman–Crippen LogP) is 3.54. The standard InChI is InChI=1S/C30H49N3O5/c1-8-17-31(18-9-2)25(35)22-23-26(36)32(20-13-12-14-21-34)24(27(37)33(19-10-3)28(5,6)7)30(23)16-15-29(22,11-4)38-30/h8,10,22-24,34H,1,3,9,11-21H2,2,4-7H3/t22-,23-,24?,29+,30?/m0/s1. The zero-order valence-corrected chi connectivity index (χ0v) is 24.2. The summed E-state index contributed by atoms with van der Waals surface area (Å²) in [5.41, 5.74) is -2.27. The van der Waals surface area contributed by atoms with Gasteiger partial charge in [0.25, 0.3) is 0 Å². The maximum Gasteiger partial charge on any atom is 0.249 e. The van der Waals surface area contributed by atoms with E-state index in [4.69, 9.17) is 4.74 Å². The van der Waals surface area contributed by atoms with Gasteiger partial charge in [-0.3, -0.25) is 14.4 Å². The van der Waals surface area contributed by atoms with Crippen LogP contribution >= 0.6 is 0 Å². The number of nitrogens with zero attached hydrogens (tertiary/aromatic N) is 3. The molecule has 3 amide bonds. The number of fused-ring (bicyclic) bond motifs is 1. The Kier molecular flexibility index (Phi) is 9.51. The first-order valence-electron chi connectivity index (χ1n) is 14.4. The summed E-state index contributed by atoms with van der Waals surface area (Å²) in [5, 5.41) is 9.26. The number of amides is 3. The summed E-state index contributed by atoms with van der Waals surface area (Å²) in [4.78, 5) is 48.1. The van der Waals surface area contributed by atoms with E-state index >= 15 is 0 Å². The Morgan fingerprint density at radius 2 is 1.79 bits per heavy atom. The van der Waals surface area contributed by atoms with E-state index in [-0.39, 0.29) is 24.3 Å². The zero-order valence-electron chi connectivity index (χ0n) is 24.2. The van der Waals surface area contributed by atoms with Crippen LogP contribution in [-0.2, 0) is 19.1 Å². The van der Waals surface area contributed by atoms with Gasteiger partial charge < -0.3 is 24.5 Å². The Morgan fingerprint density at radius 1 is 1.11 bits per heavy atom. The lowest BCUT2D eigenvalue weighted by atomic mass is 9.64. The number of rotatable bonds is 14. The Labute approximate surface area is 229 Å². The highest BCUT2D eigenvalue weighted by Gasteiger charge is 2.79. The normalized spacial score (nSPS) is 29.9. The van der Waals surface area contributed by atoms with Crippen LogP contribution in [-0.4, -0.2) is 93.1 Å². The number of hydrogen-bond acceptors (Lipinski definition) is 5. The second kappa shape index (κ2) is 11.9. The van der Waals surface area contributed by atoms with Crippen molar-refractivity contribution in [2.75, 3.05) is 32.8 Å². The zero-order chi connectivity index (χ0) is 28.3. The van der Waals surface area contributed by atoms with Crippen LogP contribution in [0.3, 0.4) is 0 Å². The van der Waals surface area contributed by atoms with E-state index in [9.17, 15) is 19.5 Å². The molecule has 0 aromatic rings. The minimum absolute atomic E-state index is 0.0689. The Hall–Kier alpha value is -2.19. The van der Waals surface area contributed by atoms with Gasteiger partial charge >= 0.3 is 0 Å². The average Bonchev–Trinajstić information content (AvgIpc) is 3.47. The summed E-state index contributed by atoms with van der Waals surface area (Å²) in [6.45, 7) is 19.5. The molecular formula is C30H49N3O5. The van der Waals surface area contributed by atoms with Gasteiger partial charge in [0, 0.05) is 38.3 Å². The van der Waals surface area contributed by atoms with Crippen LogP contribution in [0, 0.1) is 11.8 Å². The number of ether oxygens (including phenoxy) is 1. The predicted molar refractivity (Wildman–Crippen MR) is 148 cm³/mol. The van der Waals surface area contributed by atoms with Crippen LogP contribution in [0.1, 0.15) is 79.6 Å². The van der Waals surface area contributed by atoms with E-state index in [1.807, 2.05) is 34.6 Å². The van der Waals surface area contributed by atoms with Crippen LogP contribution in [0.25, 0.3) is 0 Å². The molecule has 5 atom stereocenters. The van der Waals surface area contributed by atoms with Crippen molar-refractivity contribution in [3.63, 3.8) is 0 Å². The lowest BCUT2D eigenvalue weighted by Gasteiger charge is -2.42. The lowest BCUT2D eigenvalue weighted by Crippen LogP contribution is -2.60. The Morgan fingerprint density at radius 3 is 2.34 bits per heavy atom. The van der Waals surface area contributed by atoms with Gasteiger partial charge in [-0.2, -0.15) is 0 Å². The van der Waals surface area contributed by atoms with E-state index in [0.717, 1.165) is 12.8 Å². The molecule has 3 rings (SSSR count). The first kappa shape index (κ1) is 30.4. The van der Waals surface area contributed by atoms with Crippen molar-refractivity contribution in [1.82, 2.24) is 14.7 Å². The Balaban J connectivity index is 2.10. The summed E-state index contributed by atoms with van der Waals surface area (Å²) in [6.07, 6.45) is 8.14. The highest BCUT2D eigenvalue weighted by Crippen LogP contribution is 2.64. The smallest absolute Gasteiger partial charge is 0.249 e. The number of hydrogen-bond donors (Lipinski definition) is 1. The van der Waals surface area contributed by atoms with Crippen molar-refractivity contribution in [1.29, 1.82) is 0 Å². The number of carbonyl (C=O) groups excluding carboxylic acids is 3. The van der Waals surface area contributed by atoms with E-state index in [2.05, 4.69) is 13.2 Å². The molecule has 214 valence electrons. The molecule has 3 fully saturated rings. The molecular weight excluding hydrogens is 482 g/mol. The molecule has 8 heteroatoms. The third-order valence-corrected chi connectivity index (χ3v) is 8.78. The molecule has 0 aromatic carbocycles. The minimum Gasteiger partial charge on any atom is -0.396 e. The molecule has 0 radical (unpaired) electrons. The average molecular weight is 532 g/mol. The molecule has 3 heterocycles. The van der Waals surface area contributed by atoms with Crippen LogP contribution in [0.4, 0.5) is 0 Å². The van der Waals surface area contributed by atoms with E-state index in [1.54, 1.807) is 26.9 Å². The van der Waals surface area contributed by atoms with Crippen molar-refractivity contribution in [2.45, 2.75) is 102 Å². The molecule has 2 bridgehead atoms. The third-order valence-electron chi connectivity index (χ3n) is 8.78. The fraction of sp³-hybridized carbons (Fsp3) is 0.767. The second-order valence-corrected chi connectivity index (χ2v) is 12.1. The van der Waals surface area contributed by atoms with Gasteiger partial charge in [-0.1, -0.05) is 26.0 Å². The maximum atomic E-state index is 14.4. The first-order valence-corrected chi connectivity index (χ1v) is 14.4. The van der Waals surface area contributed by atoms with Crippen molar-refractivity contribution < 1.29 is 24.2 Å². The topological polar surface area (TPSA) is 90.4 Å². The minimum atomic E-state index is -1.03. The summed E-state index contributed by atoms with van der Waals surface area (Å²) in [6, 6.07) is -0.793. The highest BCUT2D eigenvalue weighted by molar-refractivity contribution is 5.99. The summed E-state index contributed by atoms with van der Waals surface area (Å²) in [7, 11) is 0. The number of aliphatic hydroxyl groups excluding tert-OH is 1. The molecule has 0 aliphatic carbocycles. The molecule has 8 nitrogen and oxygen atoms in total. The van der Waals surface area contributed by atoms with Gasteiger partial charge in [0.15, 0.2) is 0 Å². The maximum absolute atomic E-state index is 14.4. The quantitative estimate of drug-likeness (QED) is 0.274. The van der Waals surface area contributed by atoms with Crippen molar-refractivity contribution in [3.05, 3.63) is 25.3 Å². The van der Waals surface area contributed by atoms with Gasteiger partial charge in [-0.25, -0.2) is 0 Å². The van der Waals surface area contributed by atoms with Crippen LogP contribution in [0.5, 0.6) is 0 Å². The number of likely N-dealkylation sites (tertiary alicyclic amines) is 1. The summed E-state index contributed by atoms with van der Waals surface area (Å²) < 4.78 is 6.91. The fourth-order valence-electron chi connectivity index (χ4n) is 7.07. The van der Waals surface area contributed by atoms with Crippen LogP contribution in [0.2, 0.25) is 0 Å². The third kappa shape index (κ3) is 5.06. The summed E-state index contributed by atoms with van der Waals surface area (Å²) >= 11 is 0. The van der Waals surface area contributed by atoms with Crippen molar-refractivity contribution >= 4 is 17.7 Å². The SMILES string of the molecule is C=CCN(CCC)C(=O)[C@@H]1[C@H]2C(=O)N(CCCCCO)C(C(=O)N(CC=C)C(C)(C)C)C23CC[C@@]1(CC)O3. The van der Waals surface area contributed by atoms with Gasteiger partial charge in [0.2, 0.25) is 17.7 Å². The Bertz CT molecular complexity index is 914. The number of unbranched alkanes of at least 4 members (excludes halogenated alkanes) is 2. The van der Waals surface area contributed by atoms with Gasteiger partial charge in [-0.15, -0.1) is 13.2 Å². The van der Waals surface area contributed by atoms with Crippen molar-refractivity contribution in [3.8, 4) is 0 Å². The highest BCUT2D eigenvalue weighted by atomic mass is 16.5. The molecule has 2 unspecified atom stereocenters. The molecule has 38 heavy (non-hydrogen) atoms. The molecule has 0 saturated carbocycles. The second-order valence-electron chi connectivity index (χ2n) is 12.1. The molecule has 1 N–H and O–H groups in total. The van der Waals surface area contributed by atoms with E-state index in [0.29, 0.717) is 58.3 Å². The molecule has 3 aliphatic rings.